The minimum Gasteiger partial charge on any atom is -0.396 e. The zero-order valence-corrected chi connectivity index (χ0v) is 12.3. The second-order valence-electron chi connectivity index (χ2n) is 5.80. The number of carbonyl (C=O) groups is 1. The van der Waals surface area contributed by atoms with E-state index in [0.717, 1.165) is 31.4 Å². The highest BCUT2D eigenvalue weighted by atomic mass is 16.3. The van der Waals surface area contributed by atoms with Crippen LogP contribution in [-0.2, 0) is 0 Å². The number of anilines is 1. The van der Waals surface area contributed by atoms with Gasteiger partial charge in [-0.25, -0.2) is 4.79 Å². The Morgan fingerprint density at radius 3 is 2.50 bits per heavy atom. The molecule has 1 saturated carbocycles. The van der Waals surface area contributed by atoms with Crippen molar-refractivity contribution in [1.29, 1.82) is 0 Å². The molecule has 1 aromatic carbocycles. The standard InChI is InChI=1S/C16H24N2O2/c1-11-3-6-15(9-12(11)2)18-16(20)17-14-7-4-13(10-19)5-8-14/h3,6,9,13-14,19H,4-5,7-8,10H2,1-2H3,(H2,17,18,20). The zero-order valence-electron chi connectivity index (χ0n) is 12.3. The Hall–Kier alpha value is -1.55. The van der Waals surface area contributed by atoms with E-state index in [1.807, 2.05) is 25.1 Å². The third-order valence-electron chi connectivity index (χ3n) is 4.20. The highest BCUT2D eigenvalue weighted by molar-refractivity contribution is 5.89. The van der Waals surface area contributed by atoms with Gasteiger partial charge in [-0.3, -0.25) is 0 Å². The number of aryl methyl sites for hydroxylation is 2. The molecule has 1 fully saturated rings. The van der Waals surface area contributed by atoms with Crippen molar-refractivity contribution in [3.8, 4) is 0 Å². The number of urea groups is 1. The van der Waals surface area contributed by atoms with Crippen LogP contribution in [0, 0.1) is 19.8 Å². The maximum Gasteiger partial charge on any atom is 0.319 e. The number of hydrogen-bond donors (Lipinski definition) is 3. The van der Waals surface area contributed by atoms with E-state index in [0.29, 0.717) is 5.92 Å². The summed E-state index contributed by atoms with van der Waals surface area (Å²) in [5, 5.41) is 15.0. The molecular formula is C16H24N2O2. The lowest BCUT2D eigenvalue weighted by Gasteiger charge is -2.28. The first kappa shape index (κ1) is 14.9. The molecule has 0 aliphatic heterocycles. The van der Waals surface area contributed by atoms with Crippen molar-refractivity contribution >= 4 is 11.7 Å². The van der Waals surface area contributed by atoms with Gasteiger partial charge in [-0.15, -0.1) is 0 Å². The van der Waals surface area contributed by atoms with Crippen LogP contribution < -0.4 is 10.6 Å². The highest BCUT2D eigenvalue weighted by Gasteiger charge is 2.21. The molecule has 110 valence electrons. The van der Waals surface area contributed by atoms with Gasteiger partial charge in [0.05, 0.1) is 0 Å². The van der Waals surface area contributed by atoms with Crippen LogP contribution in [0.1, 0.15) is 36.8 Å². The van der Waals surface area contributed by atoms with Gasteiger partial charge in [0, 0.05) is 18.3 Å². The van der Waals surface area contributed by atoms with Crippen LogP contribution in [0.4, 0.5) is 10.5 Å². The molecule has 0 spiro atoms. The van der Waals surface area contributed by atoms with Crippen LogP contribution in [0.25, 0.3) is 0 Å². The Bertz CT molecular complexity index is 466. The Morgan fingerprint density at radius 1 is 1.20 bits per heavy atom. The molecule has 3 N–H and O–H groups in total. The van der Waals surface area contributed by atoms with E-state index < -0.39 is 0 Å². The molecule has 0 saturated heterocycles. The minimum absolute atomic E-state index is 0.138. The Morgan fingerprint density at radius 2 is 1.90 bits per heavy atom. The summed E-state index contributed by atoms with van der Waals surface area (Å²) in [5.41, 5.74) is 3.22. The van der Waals surface area contributed by atoms with Crippen LogP contribution in [0.2, 0.25) is 0 Å². The van der Waals surface area contributed by atoms with Crippen molar-refractivity contribution in [3.63, 3.8) is 0 Å². The third-order valence-corrected chi connectivity index (χ3v) is 4.20. The van der Waals surface area contributed by atoms with Crippen LogP contribution >= 0.6 is 0 Å². The monoisotopic (exact) mass is 276 g/mol. The summed E-state index contributed by atoms with van der Waals surface area (Å²) < 4.78 is 0. The van der Waals surface area contributed by atoms with Crippen molar-refractivity contribution in [2.45, 2.75) is 45.6 Å². The molecule has 0 aromatic heterocycles. The molecule has 2 rings (SSSR count). The molecule has 0 unspecified atom stereocenters. The van der Waals surface area contributed by atoms with Crippen molar-refractivity contribution in [2.75, 3.05) is 11.9 Å². The first-order chi connectivity index (χ1) is 9.58. The average Bonchev–Trinajstić information content (AvgIpc) is 2.44. The number of benzene rings is 1. The average molecular weight is 276 g/mol. The van der Waals surface area contributed by atoms with Crippen molar-refractivity contribution in [1.82, 2.24) is 5.32 Å². The van der Waals surface area contributed by atoms with Crippen LogP contribution in [0.3, 0.4) is 0 Å². The predicted octanol–water partition coefficient (Wildman–Crippen LogP) is 2.98. The molecule has 0 bridgehead atoms. The molecule has 1 aliphatic carbocycles. The highest BCUT2D eigenvalue weighted by Crippen LogP contribution is 2.23. The fraction of sp³-hybridized carbons (Fsp3) is 0.562. The summed E-state index contributed by atoms with van der Waals surface area (Å²) in [5.74, 6) is 0.413. The SMILES string of the molecule is Cc1ccc(NC(=O)NC2CCC(CO)CC2)cc1C. The Labute approximate surface area is 120 Å². The lowest BCUT2D eigenvalue weighted by Crippen LogP contribution is -2.40. The van der Waals surface area contributed by atoms with Gasteiger partial charge in [-0.2, -0.15) is 0 Å². The van der Waals surface area contributed by atoms with E-state index in [2.05, 4.69) is 17.6 Å². The fourth-order valence-corrected chi connectivity index (χ4v) is 2.66. The number of carbonyl (C=O) groups excluding carboxylic acids is 1. The largest absolute Gasteiger partial charge is 0.396 e. The lowest BCUT2D eigenvalue weighted by atomic mass is 9.87. The molecule has 0 atom stereocenters. The van der Waals surface area contributed by atoms with Crippen molar-refractivity contribution < 1.29 is 9.90 Å². The fourth-order valence-electron chi connectivity index (χ4n) is 2.66. The van der Waals surface area contributed by atoms with Gasteiger partial charge in [0.15, 0.2) is 0 Å². The maximum absolute atomic E-state index is 12.0. The van der Waals surface area contributed by atoms with Crippen molar-refractivity contribution in [3.05, 3.63) is 29.3 Å². The Kier molecular flexibility index (Phi) is 5.01. The Balaban J connectivity index is 1.82. The van der Waals surface area contributed by atoms with Gasteiger partial charge in [-0.1, -0.05) is 6.07 Å². The van der Waals surface area contributed by atoms with Crippen LogP contribution in [-0.4, -0.2) is 23.8 Å². The van der Waals surface area contributed by atoms with Gasteiger partial charge < -0.3 is 15.7 Å². The molecule has 2 amide bonds. The van der Waals surface area contributed by atoms with Crippen LogP contribution in [0.5, 0.6) is 0 Å². The number of rotatable bonds is 3. The maximum atomic E-state index is 12.0. The van der Waals surface area contributed by atoms with E-state index in [1.165, 1.54) is 11.1 Å². The minimum atomic E-state index is -0.138. The van der Waals surface area contributed by atoms with E-state index in [9.17, 15) is 4.79 Å². The number of aliphatic hydroxyl groups excluding tert-OH is 1. The molecule has 20 heavy (non-hydrogen) atoms. The summed E-state index contributed by atoms with van der Waals surface area (Å²) >= 11 is 0. The summed E-state index contributed by atoms with van der Waals surface area (Å²) in [7, 11) is 0. The summed E-state index contributed by atoms with van der Waals surface area (Å²) in [4.78, 5) is 12.0. The first-order valence-electron chi connectivity index (χ1n) is 7.34. The van der Waals surface area contributed by atoms with E-state index >= 15 is 0 Å². The topological polar surface area (TPSA) is 61.4 Å². The molecule has 4 nitrogen and oxygen atoms in total. The number of amides is 2. The van der Waals surface area contributed by atoms with Gasteiger partial charge in [0.25, 0.3) is 0 Å². The summed E-state index contributed by atoms with van der Waals surface area (Å²) in [6.07, 6.45) is 3.88. The number of aliphatic hydroxyl groups is 1. The number of nitrogens with one attached hydrogen (secondary N) is 2. The quantitative estimate of drug-likeness (QED) is 0.795. The second kappa shape index (κ2) is 6.75. The summed E-state index contributed by atoms with van der Waals surface area (Å²) in [6, 6.07) is 6.00. The molecule has 0 heterocycles. The third kappa shape index (κ3) is 3.97. The first-order valence-corrected chi connectivity index (χ1v) is 7.34. The van der Waals surface area contributed by atoms with Gasteiger partial charge in [0.2, 0.25) is 0 Å². The molecule has 1 aliphatic rings. The van der Waals surface area contributed by atoms with E-state index in [-0.39, 0.29) is 18.7 Å². The second-order valence-corrected chi connectivity index (χ2v) is 5.80. The van der Waals surface area contributed by atoms with Gasteiger partial charge >= 0.3 is 6.03 Å². The van der Waals surface area contributed by atoms with Crippen LogP contribution in [0.15, 0.2) is 18.2 Å². The van der Waals surface area contributed by atoms with Crippen molar-refractivity contribution in [2.24, 2.45) is 5.92 Å². The summed E-state index contributed by atoms with van der Waals surface area (Å²) in [6.45, 7) is 4.36. The number of hydrogen-bond acceptors (Lipinski definition) is 2. The zero-order chi connectivity index (χ0) is 14.5. The van der Waals surface area contributed by atoms with E-state index in [4.69, 9.17) is 5.11 Å². The lowest BCUT2D eigenvalue weighted by molar-refractivity contribution is 0.176. The molecule has 0 radical (unpaired) electrons. The molecule has 4 heteroatoms. The van der Waals surface area contributed by atoms with E-state index in [1.54, 1.807) is 0 Å². The normalized spacial score (nSPS) is 22.4. The predicted molar refractivity (Wildman–Crippen MR) is 80.9 cm³/mol. The van der Waals surface area contributed by atoms with Gasteiger partial charge in [0.1, 0.15) is 0 Å². The smallest absolute Gasteiger partial charge is 0.319 e. The van der Waals surface area contributed by atoms with Gasteiger partial charge in [-0.05, 0) is 68.7 Å². The molecule has 1 aromatic rings. The molecular weight excluding hydrogens is 252 g/mol.